The molecule has 0 unspecified atom stereocenters. The van der Waals surface area contributed by atoms with E-state index in [-0.39, 0.29) is 0 Å². The first-order valence-corrected chi connectivity index (χ1v) is 7.73. The van der Waals surface area contributed by atoms with Crippen molar-refractivity contribution in [1.82, 2.24) is 10.2 Å². The molecule has 116 valence electrons. The summed E-state index contributed by atoms with van der Waals surface area (Å²) in [5, 5.41) is 3.50. The highest BCUT2D eigenvalue weighted by molar-refractivity contribution is 5.05. The van der Waals surface area contributed by atoms with Crippen LogP contribution in [0, 0.1) is 0 Å². The minimum absolute atomic E-state index is 0.392. The van der Waals surface area contributed by atoms with Gasteiger partial charge in [-0.15, -0.1) is 0 Å². The van der Waals surface area contributed by atoms with Crippen LogP contribution in [0.2, 0.25) is 0 Å². The summed E-state index contributed by atoms with van der Waals surface area (Å²) in [7, 11) is 0. The van der Waals surface area contributed by atoms with E-state index in [0.717, 1.165) is 25.8 Å². The van der Waals surface area contributed by atoms with Crippen molar-refractivity contribution in [2.24, 2.45) is 0 Å². The van der Waals surface area contributed by atoms with Crippen LogP contribution in [-0.4, -0.2) is 43.3 Å². The van der Waals surface area contributed by atoms with Gasteiger partial charge in [0, 0.05) is 6.04 Å². The molecule has 2 aliphatic rings. The third kappa shape index (κ3) is 5.83. The van der Waals surface area contributed by atoms with Crippen LogP contribution in [0.25, 0.3) is 0 Å². The highest BCUT2D eigenvalue weighted by Crippen LogP contribution is 2.21. The highest BCUT2D eigenvalue weighted by atomic mass is 19.4. The van der Waals surface area contributed by atoms with Gasteiger partial charge >= 0.3 is 6.18 Å². The summed E-state index contributed by atoms with van der Waals surface area (Å²) in [4.78, 5) is 1.52. The Morgan fingerprint density at radius 1 is 1.20 bits per heavy atom. The Balaban J connectivity index is 1.59. The molecule has 1 fully saturated rings. The van der Waals surface area contributed by atoms with E-state index in [1.165, 1.54) is 30.6 Å². The number of hydrogen-bond donors (Lipinski definition) is 1. The van der Waals surface area contributed by atoms with Crippen LogP contribution in [0.4, 0.5) is 13.2 Å². The number of halogens is 3. The number of rotatable bonds is 5. The first-order valence-electron chi connectivity index (χ1n) is 7.73. The molecule has 1 aliphatic carbocycles. The van der Waals surface area contributed by atoms with Crippen molar-refractivity contribution >= 4 is 0 Å². The Morgan fingerprint density at radius 3 is 2.55 bits per heavy atom. The molecule has 20 heavy (non-hydrogen) atoms. The monoisotopic (exact) mass is 290 g/mol. The summed E-state index contributed by atoms with van der Waals surface area (Å²) in [6.45, 7) is 1.32. The van der Waals surface area contributed by atoms with Gasteiger partial charge in [0.1, 0.15) is 0 Å². The predicted molar refractivity (Wildman–Crippen MR) is 74.7 cm³/mol. The standard InChI is InChI=1S/C15H25F3N2/c16-15(17,18)12-20-10-7-14(8-11-20)19-9-6-13-4-2-1-3-5-13/h4,14,19H,1-3,5-12H2. The molecule has 0 spiro atoms. The van der Waals surface area contributed by atoms with Crippen molar-refractivity contribution < 1.29 is 13.2 Å². The second kappa shape index (κ2) is 7.46. The molecule has 0 bridgehead atoms. The Hall–Kier alpha value is -0.550. The molecule has 2 rings (SSSR count). The van der Waals surface area contributed by atoms with Crippen molar-refractivity contribution in [3.63, 3.8) is 0 Å². The first-order chi connectivity index (χ1) is 9.53. The zero-order chi connectivity index (χ0) is 14.4. The molecule has 0 aromatic heterocycles. The Morgan fingerprint density at radius 2 is 1.95 bits per heavy atom. The molecule has 2 nitrogen and oxygen atoms in total. The van der Waals surface area contributed by atoms with Crippen LogP contribution in [0.3, 0.4) is 0 Å². The normalized spacial score (nSPS) is 22.9. The van der Waals surface area contributed by atoms with Gasteiger partial charge in [0.2, 0.25) is 0 Å². The molecule has 0 aromatic rings. The van der Waals surface area contributed by atoms with Crippen LogP contribution in [0.15, 0.2) is 11.6 Å². The van der Waals surface area contributed by atoms with Crippen molar-refractivity contribution in [1.29, 1.82) is 0 Å². The maximum Gasteiger partial charge on any atom is 0.401 e. The fraction of sp³-hybridized carbons (Fsp3) is 0.867. The van der Waals surface area contributed by atoms with E-state index in [2.05, 4.69) is 11.4 Å². The lowest BCUT2D eigenvalue weighted by Gasteiger charge is -2.33. The van der Waals surface area contributed by atoms with Crippen LogP contribution >= 0.6 is 0 Å². The SMILES string of the molecule is FC(F)(F)CN1CCC(NCCC2=CCCCC2)CC1. The van der Waals surface area contributed by atoms with Gasteiger partial charge in [-0.3, -0.25) is 4.90 Å². The molecule has 1 N–H and O–H groups in total. The molecule has 0 radical (unpaired) electrons. The Kier molecular flexibility index (Phi) is 5.90. The molecular formula is C15H25F3N2. The van der Waals surface area contributed by atoms with Gasteiger partial charge in [0.05, 0.1) is 6.54 Å². The first kappa shape index (κ1) is 15.8. The maximum atomic E-state index is 12.3. The molecular weight excluding hydrogens is 265 g/mol. The molecule has 1 aliphatic heterocycles. The number of likely N-dealkylation sites (tertiary alicyclic amines) is 1. The van der Waals surface area contributed by atoms with E-state index >= 15 is 0 Å². The number of allylic oxidation sites excluding steroid dienone is 1. The highest BCUT2D eigenvalue weighted by Gasteiger charge is 2.32. The zero-order valence-corrected chi connectivity index (χ0v) is 12.0. The van der Waals surface area contributed by atoms with Gasteiger partial charge < -0.3 is 5.32 Å². The fourth-order valence-electron chi connectivity index (χ4n) is 3.12. The number of nitrogens with one attached hydrogen (secondary N) is 1. The summed E-state index contributed by atoms with van der Waals surface area (Å²) >= 11 is 0. The van der Waals surface area contributed by atoms with Crippen LogP contribution < -0.4 is 5.32 Å². The number of nitrogens with zero attached hydrogens (tertiary/aromatic N) is 1. The van der Waals surface area contributed by atoms with Gasteiger partial charge in [-0.25, -0.2) is 0 Å². The topological polar surface area (TPSA) is 15.3 Å². The lowest BCUT2D eigenvalue weighted by atomic mass is 9.97. The molecule has 0 aromatic carbocycles. The predicted octanol–water partition coefficient (Wildman–Crippen LogP) is 3.49. The molecule has 0 amide bonds. The van der Waals surface area contributed by atoms with E-state index in [1.54, 1.807) is 5.57 Å². The second-order valence-corrected chi connectivity index (χ2v) is 5.98. The molecule has 1 heterocycles. The minimum Gasteiger partial charge on any atom is -0.314 e. The minimum atomic E-state index is -4.06. The smallest absolute Gasteiger partial charge is 0.314 e. The largest absolute Gasteiger partial charge is 0.401 e. The second-order valence-electron chi connectivity index (χ2n) is 5.98. The quantitative estimate of drug-likeness (QED) is 0.780. The Bertz CT molecular complexity index is 318. The summed E-state index contributed by atoms with van der Waals surface area (Å²) in [6, 6.07) is 0.392. The van der Waals surface area contributed by atoms with Crippen molar-refractivity contribution in [2.45, 2.75) is 57.2 Å². The van der Waals surface area contributed by atoms with E-state index in [4.69, 9.17) is 0 Å². The lowest BCUT2D eigenvalue weighted by molar-refractivity contribution is -0.148. The lowest BCUT2D eigenvalue weighted by Crippen LogP contribution is -2.45. The van der Waals surface area contributed by atoms with Crippen molar-refractivity contribution in [3.05, 3.63) is 11.6 Å². The van der Waals surface area contributed by atoms with E-state index in [9.17, 15) is 13.2 Å². The molecule has 1 saturated heterocycles. The summed E-state index contributed by atoms with van der Waals surface area (Å²) in [5.74, 6) is 0. The molecule has 0 atom stereocenters. The van der Waals surface area contributed by atoms with E-state index in [0.29, 0.717) is 19.1 Å². The average Bonchev–Trinajstić information content (AvgIpc) is 2.40. The fourth-order valence-corrected chi connectivity index (χ4v) is 3.12. The number of alkyl halides is 3. The number of piperidine rings is 1. The third-order valence-corrected chi connectivity index (χ3v) is 4.25. The molecule has 0 saturated carbocycles. The molecule has 5 heteroatoms. The van der Waals surface area contributed by atoms with Crippen molar-refractivity contribution in [3.8, 4) is 0 Å². The summed E-state index contributed by atoms with van der Waals surface area (Å²) in [5.41, 5.74) is 1.55. The van der Waals surface area contributed by atoms with E-state index in [1.807, 2.05) is 0 Å². The van der Waals surface area contributed by atoms with Crippen molar-refractivity contribution in [2.75, 3.05) is 26.2 Å². The van der Waals surface area contributed by atoms with Crippen LogP contribution in [0.5, 0.6) is 0 Å². The Labute approximate surface area is 119 Å². The van der Waals surface area contributed by atoms with Gasteiger partial charge in [0.25, 0.3) is 0 Å². The van der Waals surface area contributed by atoms with Gasteiger partial charge in [0.15, 0.2) is 0 Å². The van der Waals surface area contributed by atoms with Gasteiger partial charge in [-0.05, 0) is 64.6 Å². The average molecular weight is 290 g/mol. The summed E-state index contributed by atoms with van der Waals surface area (Å²) in [6.07, 6.45) is 6.12. The maximum absolute atomic E-state index is 12.3. The van der Waals surface area contributed by atoms with Crippen LogP contribution in [0.1, 0.15) is 44.9 Å². The van der Waals surface area contributed by atoms with Crippen LogP contribution in [-0.2, 0) is 0 Å². The summed E-state index contributed by atoms with van der Waals surface area (Å²) < 4.78 is 36.8. The zero-order valence-electron chi connectivity index (χ0n) is 12.0. The number of hydrogen-bond acceptors (Lipinski definition) is 2. The van der Waals surface area contributed by atoms with Gasteiger partial charge in [-0.2, -0.15) is 13.2 Å². The van der Waals surface area contributed by atoms with E-state index < -0.39 is 12.7 Å². The third-order valence-electron chi connectivity index (χ3n) is 4.25. The van der Waals surface area contributed by atoms with Gasteiger partial charge in [-0.1, -0.05) is 11.6 Å².